The average molecular weight is 362 g/mol. The minimum atomic E-state index is 0.202. The zero-order valence-corrected chi connectivity index (χ0v) is 15.0. The summed E-state index contributed by atoms with van der Waals surface area (Å²) in [6.07, 6.45) is 5.69. The smallest absolute Gasteiger partial charge is 0.222 e. The lowest BCUT2D eigenvalue weighted by molar-refractivity contribution is -0.133. The molecule has 25 heavy (non-hydrogen) atoms. The number of nitrogens with two attached hydrogens (primary N) is 1. The molecule has 134 valence electrons. The van der Waals surface area contributed by atoms with Crippen molar-refractivity contribution in [3.8, 4) is 0 Å². The Labute approximate surface area is 152 Å². The summed E-state index contributed by atoms with van der Waals surface area (Å²) in [7, 11) is 0. The number of carbonyl (C=O) groups excluding carboxylic acids is 1. The Morgan fingerprint density at radius 3 is 2.80 bits per heavy atom. The van der Waals surface area contributed by atoms with E-state index < -0.39 is 0 Å². The lowest BCUT2D eigenvalue weighted by Crippen LogP contribution is -2.40. The Bertz CT molecular complexity index is 767. The van der Waals surface area contributed by atoms with Crippen LogP contribution in [-0.2, 0) is 4.79 Å². The largest absolute Gasteiger partial charge is 0.440 e. The van der Waals surface area contributed by atoms with Crippen LogP contribution in [0.3, 0.4) is 0 Å². The molecule has 5 nitrogen and oxygen atoms in total. The lowest BCUT2D eigenvalue weighted by atomic mass is 9.95. The number of hydrogen-bond donors (Lipinski definition) is 1. The molecule has 2 heterocycles. The number of nitrogens with zero attached hydrogens (tertiary/aromatic N) is 2. The number of aromatic nitrogens is 1. The number of rotatable bonds is 3. The standard InChI is InChI=1S/C19H24ClN3O2/c20-14-4-5-17-16(11-14)22-19(25-17)12-6-8-23(9-7-12)18(24)10-13-2-1-3-15(13)21/h4-5,11-13,15H,1-3,6-10,21H2/t13-,15+/m0/s1. The second-order valence-corrected chi connectivity index (χ2v) is 7.81. The zero-order chi connectivity index (χ0) is 17.4. The van der Waals surface area contributed by atoms with Crippen LogP contribution < -0.4 is 5.73 Å². The topological polar surface area (TPSA) is 72.4 Å². The van der Waals surface area contributed by atoms with Gasteiger partial charge in [0.15, 0.2) is 11.5 Å². The fourth-order valence-corrected chi connectivity index (χ4v) is 4.31. The van der Waals surface area contributed by atoms with Crippen LogP contribution in [0, 0.1) is 5.92 Å². The molecule has 2 aromatic rings. The van der Waals surface area contributed by atoms with E-state index in [1.807, 2.05) is 23.1 Å². The fourth-order valence-electron chi connectivity index (χ4n) is 4.14. The van der Waals surface area contributed by atoms with Gasteiger partial charge < -0.3 is 15.1 Å². The van der Waals surface area contributed by atoms with Crippen LogP contribution in [-0.4, -0.2) is 34.9 Å². The molecule has 0 radical (unpaired) electrons. The summed E-state index contributed by atoms with van der Waals surface area (Å²) in [6.45, 7) is 1.54. The first-order valence-electron chi connectivity index (χ1n) is 9.19. The van der Waals surface area contributed by atoms with Gasteiger partial charge in [0.25, 0.3) is 0 Å². The van der Waals surface area contributed by atoms with Crippen LogP contribution >= 0.6 is 11.6 Å². The van der Waals surface area contributed by atoms with Gasteiger partial charge in [0.2, 0.25) is 5.91 Å². The van der Waals surface area contributed by atoms with Crippen LogP contribution in [0.15, 0.2) is 22.6 Å². The number of oxazole rings is 1. The maximum absolute atomic E-state index is 12.5. The van der Waals surface area contributed by atoms with Gasteiger partial charge in [-0.05, 0) is 49.8 Å². The minimum Gasteiger partial charge on any atom is -0.440 e. The Morgan fingerprint density at radius 2 is 2.08 bits per heavy atom. The minimum absolute atomic E-state index is 0.202. The summed E-state index contributed by atoms with van der Waals surface area (Å²) in [6, 6.07) is 5.70. The van der Waals surface area contributed by atoms with E-state index in [4.69, 9.17) is 21.8 Å². The number of carbonyl (C=O) groups is 1. The van der Waals surface area contributed by atoms with E-state index in [0.717, 1.165) is 62.2 Å². The summed E-state index contributed by atoms with van der Waals surface area (Å²) in [5.41, 5.74) is 7.68. The van der Waals surface area contributed by atoms with Crippen molar-refractivity contribution < 1.29 is 9.21 Å². The zero-order valence-electron chi connectivity index (χ0n) is 14.3. The molecule has 1 saturated heterocycles. The molecule has 2 aliphatic rings. The third-order valence-corrected chi connectivity index (χ3v) is 5.95. The van der Waals surface area contributed by atoms with Crippen molar-refractivity contribution in [1.29, 1.82) is 0 Å². The Hall–Kier alpha value is -1.59. The van der Waals surface area contributed by atoms with Crippen LogP contribution in [0.25, 0.3) is 11.1 Å². The van der Waals surface area contributed by atoms with E-state index in [9.17, 15) is 4.79 Å². The molecule has 1 aromatic heterocycles. The van der Waals surface area contributed by atoms with Gasteiger partial charge in [-0.3, -0.25) is 4.79 Å². The number of benzene rings is 1. The van der Waals surface area contributed by atoms with Crippen molar-refractivity contribution in [3.05, 3.63) is 29.1 Å². The number of halogens is 1. The highest BCUT2D eigenvalue weighted by molar-refractivity contribution is 6.31. The van der Waals surface area contributed by atoms with Crippen LogP contribution in [0.4, 0.5) is 0 Å². The van der Waals surface area contributed by atoms with Gasteiger partial charge in [0.05, 0.1) is 0 Å². The monoisotopic (exact) mass is 361 g/mol. The molecule has 1 amide bonds. The first-order chi connectivity index (χ1) is 12.1. The van der Waals surface area contributed by atoms with Crippen molar-refractivity contribution in [3.63, 3.8) is 0 Å². The summed E-state index contributed by atoms with van der Waals surface area (Å²) in [5.74, 6) is 1.66. The molecule has 2 atom stereocenters. The van der Waals surface area contributed by atoms with E-state index in [-0.39, 0.29) is 17.9 Å². The maximum Gasteiger partial charge on any atom is 0.222 e. The maximum atomic E-state index is 12.5. The average Bonchev–Trinajstić information content (AvgIpc) is 3.21. The van der Waals surface area contributed by atoms with E-state index in [0.29, 0.717) is 17.4 Å². The van der Waals surface area contributed by atoms with Crippen molar-refractivity contribution in [2.24, 2.45) is 11.7 Å². The quantitative estimate of drug-likeness (QED) is 0.904. The van der Waals surface area contributed by atoms with Crippen LogP contribution in [0.5, 0.6) is 0 Å². The summed E-state index contributed by atoms with van der Waals surface area (Å²) >= 11 is 6.01. The predicted molar refractivity (Wildman–Crippen MR) is 97.5 cm³/mol. The van der Waals surface area contributed by atoms with Crippen molar-refractivity contribution in [1.82, 2.24) is 9.88 Å². The highest BCUT2D eigenvalue weighted by Crippen LogP contribution is 2.32. The Morgan fingerprint density at radius 1 is 1.28 bits per heavy atom. The number of hydrogen-bond acceptors (Lipinski definition) is 4. The van der Waals surface area contributed by atoms with Crippen molar-refractivity contribution >= 4 is 28.6 Å². The van der Waals surface area contributed by atoms with E-state index in [2.05, 4.69) is 4.98 Å². The molecule has 1 aliphatic heterocycles. The molecular formula is C19H24ClN3O2. The molecule has 1 aliphatic carbocycles. The van der Waals surface area contributed by atoms with Crippen molar-refractivity contribution in [2.75, 3.05) is 13.1 Å². The van der Waals surface area contributed by atoms with E-state index in [1.165, 1.54) is 0 Å². The molecule has 2 N–H and O–H groups in total. The van der Waals surface area contributed by atoms with Crippen LogP contribution in [0.2, 0.25) is 5.02 Å². The molecule has 6 heteroatoms. The van der Waals surface area contributed by atoms with Gasteiger partial charge in [0, 0.05) is 36.5 Å². The number of amides is 1. The third-order valence-electron chi connectivity index (χ3n) is 5.72. The van der Waals surface area contributed by atoms with Crippen molar-refractivity contribution in [2.45, 2.75) is 50.5 Å². The van der Waals surface area contributed by atoms with Gasteiger partial charge in [-0.25, -0.2) is 4.98 Å². The normalized spacial score (nSPS) is 25.0. The molecule has 2 fully saturated rings. The van der Waals surface area contributed by atoms with Crippen LogP contribution in [0.1, 0.15) is 50.3 Å². The number of fused-ring (bicyclic) bond motifs is 1. The number of piperidine rings is 1. The molecule has 1 saturated carbocycles. The second-order valence-electron chi connectivity index (χ2n) is 7.38. The molecular weight excluding hydrogens is 338 g/mol. The molecule has 4 rings (SSSR count). The summed E-state index contributed by atoms with van der Waals surface area (Å²) in [4.78, 5) is 19.1. The lowest BCUT2D eigenvalue weighted by Gasteiger charge is -2.31. The first kappa shape index (κ1) is 16.9. The summed E-state index contributed by atoms with van der Waals surface area (Å²) < 4.78 is 5.89. The Kier molecular flexibility index (Phi) is 4.69. The summed E-state index contributed by atoms with van der Waals surface area (Å²) in [5, 5.41) is 0.665. The van der Waals surface area contributed by atoms with E-state index >= 15 is 0 Å². The first-order valence-corrected chi connectivity index (χ1v) is 9.57. The van der Waals surface area contributed by atoms with Gasteiger partial charge in [-0.15, -0.1) is 0 Å². The predicted octanol–water partition coefficient (Wildman–Crippen LogP) is 3.70. The number of likely N-dealkylation sites (tertiary alicyclic amines) is 1. The molecule has 1 aromatic carbocycles. The highest BCUT2D eigenvalue weighted by Gasteiger charge is 2.31. The molecule has 0 bridgehead atoms. The van der Waals surface area contributed by atoms with E-state index in [1.54, 1.807) is 0 Å². The second kappa shape index (κ2) is 6.96. The molecule has 0 unspecified atom stereocenters. The SMILES string of the molecule is N[C@@H]1CCC[C@H]1CC(=O)N1CCC(c2nc3cc(Cl)ccc3o2)CC1. The Balaban J connectivity index is 1.36. The van der Waals surface area contributed by atoms with Gasteiger partial charge >= 0.3 is 0 Å². The molecule has 0 spiro atoms. The van der Waals surface area contributed by atoms with Gasteiger partial charge in [-0.2, -0.15) is 0 Å². The third kappa shape index (κ3) is 3.53. The van der Waals surface area contributed by atoms with Gasteiger partial charge in [-0.1, -0.05) is 18.0 Å². The van der Waals surface area contributed by atoms with Gasteiger partial charge in [0.1, 0.15) is 5.52 Å². The highest BCUT2D eigenvalue weighted by atomic mass is 35.5. The fraction of sp³-hybridized carbons (Fsp3) is 0.579.